The maximum atomic E-state index is 12.9. The minimum Gasteiger partial charge on any atom is -0.489 e. The molecule has 0 aliphatic heterocycles. The predicted molar refractivity (Wildman–Crippen MR) is 108 cm³/mol. The van der Waals surface area contributed by atoms with Gasteiger partial charge in [-0.2, -0.15) is 0 Å². The van der Waals surface area contributed by atoms with E-state index in [9.17, 15) is 22.8 Å². The highest BCUT2D eigenvalue weighted by Gasteiger charge is 2.31. The molecule has 0 saturated heterocycles. The highest BCUT2D eigenvalue weighted by Crippen LogP contribution is 2.23. The van der Waals surface area contributed by atoms with Crippen LogP contribution in [0, 0.1) is 0 Å². The van der Waals surface area contributed by atoms with Crippen LogP contribution in [-0.4, -0.2) is 16.1 Å². The van der Waals surface area contributed by atoms with Gasteiger partial charge in [0.2, 0.25) is 0 Å². The van der Waals surface area contributed by atoms with E-state index in [1.807, 2.05) is 30.3 Å². The molecule has 4 rings (SSSR count). The summed E-state index contributed by atoms with van der Waals surface area (Å²) in [6.45, 7) is 0.282. The lowest BCUT2D eigenvalue weighted by molar-refractivity contribution is -0.274. The topological polar surface area (TPSA) is 73.3 Å². The van der Waals surface area contributed by atoms with E-state index < -0.39 is 23.2 Å². The van der Waals surface area contributed by atoms with Crippen LogP contribution in [0.25, 0.3) is 16.5 Å². The fourth-order valence-corrected chi connectivity index (χ4v) is 3.04. The van der Waals surface area contributed by atoms with Gasteiger partial charge in [0.05, 0.1) is 16.5 Å². The first-order valence-electron chi connectivity index (χ1n) is 9.12. The standard InChI is InChI=1S/C22H15F3N2O4/c23-22(24,25)31-16-8-6-15(7-9-16)27-21(29)19-12-17(10-11-18(19)20(28)26-27)30-13-14-4-2-1-3-5-14/h1-12H,13H2,(H,26,28). The van der Waals surface area contributed by atoms with Crippen LogP contribution < -0.4 is 20.6 Å². The maximum absolute atomic E-state index is 12.9. The summed E-state index contributed by atoms with van der Waals surface area (Å²) in [5.41, 5.74) is 0.0327. The summed E-state index contributed by atoms with van der Waals surface area (Å²) in [6, 6.07) is 18.5. The van der Waals surface area contributed by atoms with Gasteiger partial charge in [0.15, 0.2) is 0 Å². The molecule has 0 aliphatic rings. The van der Waals surface area contributed by atoms with Crippen molar-refractivity contribution in [2.45, 2.75) is 13.0 Å². The smallest absolute Gasteiger partial charge is 0.489 e. The van der Waals surface area contributed by atoms with Gasteiger partial charge in [0.1, 0.15) is 18.1 Å². The lowest BCUT2D eigenvalue weighted by Gasteiger charge is -2.11. The number of nitrogens with one attached hydrogen (secondary N) is 1. The second-order valence-electron chi connectivity index (χ2n) is 6.60. The second kappa shape index (κ2) is 8.02. The Morgan fingerprint density at radius 3 is 2.19 bits per heavy atom. The van der Waals surface area contributed by atoms with Crippen molar-refractivity contribution in [3.8, 4) is 17.2 Å². The van der Waals surface area contributed by atoms with Crippen LogP contribution in [0.1, 0.15) is 5.56 Å². The van der Waals surface area contributed by atoms with Gasteiger partial charge in [-0.25, -0.2) is 4.68 Å². The van der Waals surface area contributed by atoms with Crippen molar-refractivity contribution in [2.24, 2.45) is 0 Å². The number of alkyl halides is 3. The van der Waals surface area contributed by atoms with Crippen LogP contribution in [0.5, 0.6) is 11.5 Å². The Kier molecular flexibility index (Phi) is 5.24. The first-order chi connectivity index (χ1) is 14.8. The molecule has 9 heteroatoms. The lowest BCUT2D eigenvalue weighted by Crippen LogP contribution is -2.28. The average molecular weight is 428 g/mol. The van der Waals surface area contributed by atoms with Crippen LogP contribution >= 0.6 is 0 Å². The number of hydrogen-bond donors (Lipinski definition) is 1. The molecular formula is C22H15F3N2O4. The lowest BCUT2D eigenvalue weighted by atomic mass is 10.2. The van der Waals surface area contributed by atoms with E-state index in [-0.39, 0.29) is 23.1 Å². The Bertz CT molecular complexity index is 1330. The number of ether oxygens (including phenoxy) is 2. The van der Waals surface area contributed by atoms with Crippen LogP contribution in [0.3, 0.4) is 0 Å². The van der Waals surface area contributed by atoms with Gasteiger partial charge in [-0.05, 0) is 48.0 Å². The van der Waals surface area contributed by atoms with Gasteiger partial charge in [0, 0.05) is 0 Å². The van der Waals surface area contributed by atoms with Crippen LogP contribution in [0.4, 0.5) is 13.2 Å². The first-order valence-corrected chi connectivity index (χ1v) is 9.12. The zero-order chi connectivity index (χ0) is 22.0. The SMILES string of the molecule is O=c1[nH]n(-c2ccc(OC(F)(F)F)cc2)c(=O)c2cc(OCc3ccccc3)ccc12. The summed E-state index contributed by atoms with van der Waals surface area (Å²) in [4.78, 5) is 25.4. The van der Waals surface area contributed by atoms with E-state index >= 15 is 0 Å². The molecule has 4 aromatic rings. The molecule has 0 amide bonds. The van der Waals surface area contributed by atoms with E-state index in [2.05, 4.69) is 9.84 Å². The quantitative estimate of drug-likeness (QED) is 0.518. The predicted octanol–water partition coefficient (Wildman–Crippen LogP) is 4.16. The highest BCUT2D eigenvalue weighted by molar-refractivity contribution is 5.82. The summed E-state index contributed by atoms with van der Waals surface area (Å²) in [5.74, 6) is -0.0384. The zero-order valence-electron chi connectivity index (χ0n) is 15.8. The van der Waals surface area contributed by atoms with Crippen molar-refractivity contribution in [3.05, 3.63) is 99.1 Å². The molecule has 0 aliphatic carbocycles. The van der Waals surface area contributed by atoms with E-state index in [1.54, 1.807) is 6.07 Å². The van der Waals surface area contributed by atoms with Gasteiger partial charge in [-0.15, -0.1) is 13.2 Å². The van der Waals surface area contributed by atoms with E-state index in [0.29, 0.717) is 5.75 Å². The molecule has 0 atom stereocenters. The van der Waals surface area contributed by atoms with E-state index in [1.165, 1.54) is 24.3 Å². The van der Waals surface area contributed by atoms with Gasteiger partial charge >= 0.3 is 6.36 Å². The molecule has 1 aromatic heterocycles. The van der Waals surface area contributed by atoms with E-state index in [4.69, 9.17) is 4.74 Å². The number of aromatic amines is 1. The number of rotatable bonds is 5. The summed E-state index contributed by atoms with van der Waals surface area (Å²) in [7, 11) is 0. The molecule has 3 aromatic carbocycles. The number of halogens is 3. The molecule has 0 bridgehead atoms. The normalized spacial score (nSPS) is 11.5. The molecule has 0 radical (unpaired) electrons. The maximum Gasteiger partial charge on any atom is 0.573 e. The first kappa shape index (κ1) is 20.3. The molecule has 31 heavy (non-hydrogen) atoms. The Morgan fingerprint density at radius 1 is 0.839 bits per heavy atom. The minimum atomic E-state index is -4.83. The molecule has 0 fully saturated rings. The Hall–Kier alpha value is -4.01. The van der Waals surface area contributed by atoms with Crippen LogP contribution in [-0.2, 0) is 6.61 Å². The summed E-state index contributed by atoms with van der Waals surface area (Å²) < 4.78 is 47.5. The second-order valence-corrected chi connectivity index (χ2v) is 6.60. The number of nitrogens with zero attached hydrogens (tertiary/aromatic N) is 1. The number of benzene rings is 3. The minimum absolute atomic E-state index is 0.116. The molecule has 0 spiro atoms. The monoisotopic (exact) mass is 428 g/mol. The highest BCUT2D eigenvalue weighted by atomic mass is 19.4. The third-order valence-electron chi connectivity index (χ3n) is 4.46. The van der Waals surface area contributed by atoms with Crippen LogP contribution in [0.2, 0.25) is 0 Å². The third-order valence-corrected chi connectivity index (χ3v) is 4.46. The van der Waals surface area contributed by atoms with Crippen molar-refractivity contribution in [1.82, 2.24) is 9.78 Å². The number of H-pyrrole nitrogens is 1. The van der Waals surface area contributed by atoms with Crippen LogP contribution in [0.15, 0.2) is 82.4 Å². The van der Waals surface area contributed by atoms with Crippen molar-refractivity contribution in [2.75, 3.05) is 0 Å². The van der Waals surface area contributed by atoms with E-state index in [0.717, 1.165) is 22.4 Å². The van der Waals surface area contributed by atoms with Gasteiger partial charge in [0.25, 0.3) is 11.1 Å². The summed E-state index contributed by atoms with van der Waals surface area (Å²) >= 11 is 0. The Morgan fingerprint density at radius 2 is 1.52 bits per heavy atom. The molecule has 1 heterocycles. The molecular weight excluding hydrogens is 413 g/mol. The largest absolute Gasteiger partial charge is 0.573 e. The van der Waals surface area contributed by atoms with Crippen molar-refractivity contribution >= 4 is 10.8 Å². The van der Waals surface area contributed by atoms with Crippen molar-refractivity contribution < 1.29 is 22.6 Å². The fraction of sp³-hybridized carbons (Fsp3) is 0.0909. The summed E-state index contributed by atoms with van der Waals surface area (Å²) in [5, 5.41) is 2.71. The van der Waals surface area contributed by atoms with Crippen molar-refractivity contribution in [1.29, 1.82) is 0 Å². The number of aromatic nitrogens is 2. The molecule has 0 saturated carbocycles. The number of fused-ring (bicyclic) bond motifs is 1. The Balaban J connectivity index is 1.68. The molecule has 0 unspecified atom stereocenters. The third kappa shape index (κ3) is 4.61. The average Bonchev–Trinajstić information content (AvgIpc) is 2.75. The molecule has 158 valence electrons. The van der Waals surface area contributed by atoms with Gasteiger partial charge in [-0.3, -0.25) is 14.7 Å². The molecule has 6 nitrogen and oxygen atoms in total. The van der Waals surface area contributed by atoms with Gasteiger partial charge < -0.3 is 9.47 Å². The fourth-order valence-electron chi connectivity index (χ4n) is 3.04. The zero-order valence-corrected chi connectivity index (χ0v) is 15.8. The summed E-state index contributed by atoms with van der Waals surface area (Å²) in [6.07, 6.45) is -4.83. The molecule has 1 N–H and O–H groups in total. The number of hydrogen-bond acceptors (Lipinski definition) is 4. The van der Waals surface area contributed by atoms with Crippen molar-refractivity contribution in [3.63, 3.8) is 0 Å². The van der Waals surface area contributed by atoms with Gasteiger partial charge in [-0.1, -0.05) is 30.3 Å². The Labute approximate surface area is 173 Å².